The highest BCUT2D eigenvalue weighted by molar-refractivity contribution is 6.32. The van der Waals surface area contributed by atoms with E-state index in [1.54, 1.807) is 0 Å². The lowest BCUT2D eigenvalue weighted by Crippen LogP contribution is -2.33. The van der Waals surface area contributed by atoms with Crippen LogP contribution >= 0.6 is 11.6 Å². The van der Waals surface area contributed by atoms with Gasteiger partial charge in [0, 0.05) is 19.1 Å². The van der Waals surface area contributed by atoms with Crippen LogP contribution in [0.1, 0.15) is 18.9 Å². The molecule has 1 N–H and O–H groups in total. The van der Waals surface area contributed by atoms with E-state index in [4.69, 9.17) is 21.1 Å². The SMILES string of the molecule is CCOC[C@H](Oc1ccc(C(F)(F)F)cc1Cl)C1CCNC1. The molecule has 1 aliphatic heterocycles. The second kappa shape index (κ2) is 7.53. The molecule has 0 saturated carbocycles. The third-order valence-electron chi connectivity index (χ3n) is 3.65. The zero-order valence-electron chi connectivity index (χ0n) is 12.3. The molecule has 1 aromatic rings. The Morgan fingerprint density at radius 3 is 2.73 bits per heavy atom. The van der Waals surface area contributed by atoms with Gasteiger partial charge in [-0.3, -0.25) is 0 Å². The summed E-state index contributed by atoms with van der Waals surface area (Å²) in [6, 6.07) is 3.14. The first-order chi connectivity index (χ1) is 10.4. The number of rotatable bonds is 6. The van der Waals surface area contributed by atoms with E-state index < -0.39 is 11.7 Å². The van der Waals surface area contributed by atoms with Crippen LogP contribution in [0.4, 0.5) is 13.2 Å². The maximum atomic E-state index is 12.6. The van der Waals surface area contributed by atoms with Crippen molar-refractivity contribution in [2.24, 2.45) is 5.92 Å². The molecule has 2 rings (SSSR count). The Hall–Kier alpha value is -0.980. The number of hydrogen-bond acceptors (Lipinski definition) is 3. The molecule has 1 aliphatic rings. The third kappa shape index (κ3) is 4.51. The van der Waals surface area contributed by atoms with Crippen LogP contribution in [0.15, 0.2) is 18.2 Å². The molecule has 0 bridgehead atoms. The summed E-state index contributed by atoms with van der Waals surface area (Å²) >= 11 is 5.94. The zero-order valence-corrected chi connectivity index (χ0v) is 13.0. The van der Waals surface area contributed by atoms with Gasteiger partial charge >= 0.3 is 6.18 Å². The molecule has 2 atom stereocenters. The normalized spacial score (nSPS) is 20.1. The molecule has 0 radical (unpaired) electrons. The van der Waals surface area contributed by atoms with E-state index in [-0.39, 0.29) is 22.8 Å². The Kier molecular flexibility index (Phi) is 5.94. The monoisotopic (exact) mass is 337 g/mol. The maximum Gasteiger partial charge on any atom is 0.416 e. The highest BCUT2D eigenvalue weighted by Crippen LogP contribution is 2.35. The second-order valence-electron chi connectivity index (χ2n) is 5.21. The van der Waals surface area contributed by atoms with Crippen molar-refractivity contribution < 1.29 is 22.6 Å². The third-order valence-corrected chi connectivity index (χ3v) is 3.94. The summed E-state index contributed by atoms with van der Waals surface area (Å²) in [5, 5.41) is 3.20. The minimum atomic E-state index is -4.41. The molecule has 1 aromatic carbocycles. The van der Waals surface area contributed by atoms with Gasteiger partial charge in [0.25, 0.3) is 0 Å². The highest BCUT2D eigenvalue weighted by atomic mass is 35.5. The van der Waals surface area contributed by atoms with Gasteiger partial charge in [0.1, 0.15) is 11.9 Å². The van der Waals surface area contributed by atoms with Crippen LogP contribution in [0.25, 0.3) is 0 Å². The van der Waals surface area contributed by atoms with Crippen LogP contribution in [0.3, 0.4) is 0 Å². The van der Waals surface area contributed by atoms with E-state index in [9.17, 15) is 13.2 Å². The van der Waals surface area contributed by atoms with Crippen molar-refractivity contribution in [2.75, 3.05) is 26.3 Å². The Balaban J connectivity index is 2.11. The predicted octanol–water partition coefficient (Wildman–Crippen LogP) is 3.75. The quantitative estimate of drug-likeness (QED) is 0.857. The van der Waals surface area contributed by atoms with Crippen molar-refractivity contribution >= 4 is 11.6 Å². The van der Waals surface area contributed by atoms with Gasteiger partial charge < -0.3 is 14.8 Å². The molecular weight excluding hydrogens is 319 g/mol. The van der Waals surface area contributed by atoms with E-state index in [0.29, 0.717) is 13.2 Å². The zero-order chi connectivity index (χ0) is 16.2. The van der Waals surface area contributed by atoms with Crippen LogP contribution in [0, 0.1) is 5.92 Å². The smallest absolute Gasteiger partial charge is 0.416 e. The standard InChI is InChI=1S/C15H19ClF3NO2/c1-2-21-9-14(10-5-6-20-8-10)22-13-4-3-11(7-12(13)16)15(17,18)19/h3-4,7,10,14,20H,2,5-6,8-9H2,1H3/t10?,14-/m0/s1. The molecule has 1 heterocycles. The predicted molar refractivity (Wildman–Crippen MR) is 78.3 cm³/mol. The summed E-state index contributed by atoms with van der Waals surface area (Å²) in [5.74, 6) is 0.510. The summed E-state index contributed by atoms with van der Waals surface area (Å²) in [4.78, 5) is 0. The highest BCUT2D eigenvalue weighted by Gasteiger charge is 2.32. The van der Waals surface area contributed by atoms with Crippen molar-refractivity contribution in [1.82, 2.24) is 5.32 Å². The number of alkyl halides is 3. The van der Waals surface area contributed by atoms with E-state index in [0.717, 1.165) is 31.6 Å². The average Bonchev–Trinajstić information content (AvgIpc) is 2.98. The Morgan fingerprint density at radius 1 is 1.41 bits per heavy atom. The first kappa shape index (κ1) is 17.4. The first-order valence-corrected chi connectivity index (χ1v) is 7.61. The van der Waals surface area contributed by atoms with Crippen LogP contribution in [0.5, 0.6) is 5.75 Å². The minimum Gasteiger partial charge on any atom is -0.486 e. The Morgan fingerprint density at radius 2 is 2.18 bits per heavy atom. The van der Waals surface area contributed by atoms with Crippen molar-refractivity contribution in [3.8, 4) is 5.75 Å². The fourth-order valence-corrected chi connectivity index (χ4v) is 2.66. The van der Waals surface area contributed by atoms with Gasteiger partial charge in [-0.1, -0.05) is 11.6 Å². The average molecular weight is 338 g/mol. The number of ether oxygens (including phenoxy) is 2. The molecule has 1 unspecified atom stereocenters. The molecule has 22 heavy (non-hydrogen) atoms. The molecule has 0 spiro atoms. The lowest BCUT2D eigenvalue weighted by atomic mass is 10.0. The summed E-state index contributed by atoms with van der Waals surface area (Å²) in [7, 11) is 0. The van der Waals surface area contributed by atoms with Crippen LogP contribution in [-0.2, 0) is 10.9 Å². The lowest BCUT2D eigenvalue weighted by Gasteiger charge is -2.25. The maximum absolute atomic E-state index is 12.6. The molecular formula is C15H19ClF3NO2. The topological polar surface area (TPSA) is 30.5 Å². The lowest BCUT2D eigenvalue weighted by molar-refractivity contribution is -0.137. The molecule has 1 fully saturated rings. The fourth-order valence-electron chi connectivity index (χ4n) is 2.43. The van der Waals surface area contributed by atoms with Gasteiger partial charge in [-0.05, 0) is 38.1 Å². The van der Waals surface area contributed by atoms with Gasteiger partial charge in [0.05, 0.1) is 17.2 Å². The van der Waals surface area contributed by atoms with Crippen molar-refractivity contribution in [3.05, 3.63) is 28.8 Å². The van der Waals surface area contributed by atoms with E-state index in [1.165, 1.54) is 6.07 Å². The molecule has 3 nitrogen and oxygen atoms in total. The van der Waals surface area contributed by atoms with Crippen LogP contribution in [-0.4, -0.2) is 32.4 Å². The van der Waals surface area contributed by atoms with Crippen molar-refractivity contribution in [3.63, 3.8) is 0 Å². The number of nitrogens with one attached hydrogen (secondary N) is 1. The van der Waals surface area contributed by atoms with E-state index in [1.807, 2.05) is 6.92 Å². The molecule has 0 aromatic heterocycles. The summed E-state index contributed by atoms with van der Waals surface area (Å²) < 4.78 is 49.2. The summed E-state index contributed by atoms with van der Waals surface area (Å²) in [6.07, 6.45) is -3.71. The van der Waals surface area contributed by atoms with Gasteiger partial charge in [-0.25, -0.2) is 0 Å². The first-order valence-electron chi connectivity index (χ1n) is 7.23. The van der Waals surface area contributed by atoms with Gasteiger partial charge in [0.15, 0.2) is 0 Å². The summed E-state index contributed by atoms with van der Waals surface area (Å²) in [6.45, 7) is 4.53. The molecule has 1 saturated heterocycles. The van der Waals surface area contributed by atoms with Crippen LogP contribution < -0.4 is 10.1 Å². The molecule has 7 heteroatoms. The van der Waals surface area contributed by atoms with Crippen LogP contribution in [0.2, 0.25) is 5.02 Å². The Labute approximate surface area is 132 Å². The van der Waals surface area contributed by atoms with Crippen molar-refractivity contribution in [2.45, 2.75) is 25.6 Å². The fraction of sp³-hybridized carbons (Fsp3) is 0.600. The molecule has 0 amide bonds. The molecule has 0 aliphatic carbocycles. The number of halogens is 4. The number of benzene rings is 1. The minimum absolute atomic E-state index is 0.0396. The second-order valence-corrected chi connectivity index (χ2v) is 5.62. The van der Waals surface area contributed by atoms with Gasteiger partial charge in [-0.2, -0.15) is 13.2 Å². The molecule has 124 valence electrons. The Bertz CT molecular complexity index is 490. The number of hydrogen-bond donors (Lipinski definition) is 1. The van der Waals surface area contributed by atoms with E-state index in [2.05, 4.69) is 5.32 Å². The van der Waals surface area contributed by atoms with Crippen molar-refractivity contribution in [1.29, 1.82) is 0 Å². The summed E-state index contributed by atoms with van der Waals surface area (Å²) in [5.41, 5.74) is -0.784. The largest absolute Gasteiger partial charge is 0.486 e. The van der Waals surface area contributed by atoms with Gasteiger partial charge in [-0.15, -0.1) is 0 Å². The van der Waals surface area contributed by atoms with Gasteiger partial charge in [0.2, 0.25) is 0 Å². The van der Waals surface area contributed by atoms with E-state index >= 15 is 0 Å².